The predicted molar refractivity (Wildman–Crippen MR) is 119 cm³/mol. The Morgan fingerprint density at radius 2 is 1.83 bits per heavy atom. The van der Waals surface area contributed by atoms with Crippen LogP contribution in [0.4, 0.5) is 5.69 Å². The first-order chi connectivity index (χ1) is 14.1. The van der Waals surface area contributed by atoms with E-state index in [1.54, 1.807) is 23.1 Å². The lowest BCUT2D eigenvalue weighted by Crippen LogP contribution is -2.29. The van der Waals surface area contributed by atoms with Crippen LogP contribution < -0.4 is 14.4 Å². The van der Waals surface area contributed by atoms with Crippen LogP contribution in [0.2, 0.25) is 0 Å². The Kier molecular flexibility index (Phi) is 6.53. The third-order valence-electron chi connectivity index (χ3n) is 5.24. The quantitative estimate of drug-likeness (QED) is 0.681. The molecule has 1 N–H and O–H groups in total. The molecular weight excluding hydrogens is 400 g/mol. The van der Waals surface area contributed by atoms with Gasteiger partial charge in [-0.3, -0.25) is 4.79 Å². The predicted octanol–water partition coefficient (Wildman–Crippen LogP) is 3.64. The molecular formula is C23H30N2O4S. The zero-order valence-electron chi connectivity index (χ0n) is 18.1. The number of amides is 1. The summed E-state index contributed by atoms with van der Waals surface area (Å²) in [6, 6.07) is 12.8. The molecule has 0 saturated heterocycles. The van der Waals surface area contributed by atoms with Crippen LogP contribution in [0.3, 0.4) is 0 Å². The second-order valence-electron chi connectivity index (χ2n) is 8.46. The van der Waals surface area contributed by atoms with Crippen LogP contribution >= 0.6 is 0 Å². The van der Waals surface area contributed by atoms with E-state index in [0.29, 0.717) is 25.1 Å². The summed E-state index contributed by atoms with van der Waals surface area (Å²) in [6.07, 6.45) is 1.10. The van der Waals surface area contributed by atoms with Crippen LogP contribution in [0.25, 0.3) is 0 Å². The van der Waals surface area contributed by atoms with Crippen LogP contribution in [0.1, 0.15) is 45.2 Å². The molecule has 2 aromatic carbocycles. The second kappa shape index (κ2) is 8.78. The number of sulfonamides is 1. The topological polar surface area (TPSA) is 75.7 Å². The summed E-state index contributed by atoms with van der Waals surface area (Å²) >= 11 is 0. The Labute approximate surface area is 179 Å². The molecule has 0 fully saturated rings. The highest BCUT2D eigenvalue weighted by Gasteiger charge is 2.25. The van der Waals surface area contributed by atoms with Gasteiger partial charge in [-0.2, -0.15) is 0 Å². The van der Waals surface area contributed by atoms with Gasteiger partial charge in [-0.15, -0.1) is 0 Å². The van der Waals surface area contributed by atoms with Crippen LogP contribution in [0.5, 0.6) is 5.75 Å². The highest BCUT2D eigenvalue weighted by Crippen LogP contribution is 2.30. The first kappa shape index (κ1) is 22.3. The van der Waals surface area contributed by atoms with Gasteiger partial charge in [0.2, 0.25) is 15.9 Å². The summed E-state index contributed by atoms with van der Waals surface area (Å²) in [7, 11) is -3.64. The molecule has 1 aliphatic rings. The van der Waals surface area contributed by atoms with Crippen LogP contribution in [0, 0.1) is 0 Å². The molecule has 0 aliphatic carbocycles. The molecule has 1 amide bonds. The number of carbonyl (C=O) groups excluding carboxylic acids is 1. The van der Waals surface area contributed by atoms with E-state index in [9.17, 15) is 13.2 Å². The van der Waals surface area contributed by atoms with Gasteiger partial charge in [0.25, 0.3) is 0 Å². The number of hydrogen-bond donors (Lipinski definition) is 1. The maximum absolute atomic E-state index is 12.6. The lowest BCUT2D eigenvalue weighted by Gasteiger charge is -2.19. The molecule has 30 heavy (non-hydrogen) atoms. The van der Waals surface area contributed by atoms with Gasteiger partial charge in [0.15, 0.2) is 0 Å². The van der Waals surface area contributed by atoms with Gasteiger partial charge in [-0.25, -0.2) is 13.1 Å². The van der Waals surface area contributed by atoms with E-state index in [2.05, 4.69) is 25.5 Å². The number of rotatable bonds is 7. The zero-order chi connectivity index (χ0) is 21.9. The minimum Gasteiger partial charge on any atom is -0.492 e. The van der Waals surface area contributed by atoms with Crippen molar-refractivity contribution < 1.29 is 17.9 Å². The van der Waals surface area contributed by atoms with E-state index < -0.39 is 10.0 Å². The summed E-state index contributed by atoms with van der Waals surface area (Å²) < 4.78 is 33.5. The lowest BCUT2D eigenvalue weighted by molar-refractivity contribution is -0.118. The van der Waals surface area contributed by atoms with Crippen molar-refractivity contribution in [3.05, 3.63) is 53.6 Å². The molecule has 6 nitrogen and oxygen atoms in total. The molecule has 1 heterocycles. The van der Waals surface area contributed by atoms with Crippen molar-refractivity contribution >= 4 is 21.6 Å². The highest BCUT2D eigenvalue weighted by molar-refractivity contribution is 7.89. The highest BCUT2D eigenvalue weighted by atomic mass is 32.2. The van der Waals surface area contributed by atoms with Crippen molar-refractivity contribution in [2.45, 2.75) is 50.8 Å². The number of nitrogens with zero attached hydrogens (tertiary/aromatic N) is 1. The summed E-state index contributed by atoms with van der Waals surface area (Å²) in [4.78, 5) is 13.9. The van der Waals surface area contributed by atoms with Gasteiger partial charge in [-0.1, -0.05) is 39.8 Å². The van der Waals surface area contributed by atoms with E-state index >= 15 is 0 Å². The molecule has 3 rings (SSSR count). The maximum Gasteiger partial charge on any atom is 0.240 e. The summed E-state index contributed by atoms with van der Waals surface area (Å²) in [5.74, 6) is 0.760. The number of nitrogens with one attached hydrogen (secondary N) is 1. The van der Waals surface area contributed by atoms with Gasteiger partial charge in [0.1, 0.15) is 12.4 Å². The van der Waals surface area contributed by atoms with Crippen molar-refractivity contribution in [3.63, 3.8) is 0 Å². The van der Waals surface area contributed by atoms with E-state index in [0.717, 1.165) is 11.3 Å². The average molecular weight is 431 g/mol. The van der Waals surface area contributed by atoms with Crippen molar-refractivity contribution in [3.8, 4) is 5.75 Å². The maximum atomic E-state index is 12.6. The van der Waals surface area contributed by atoms with Gasteiger partial charge >= 0.3 is 0 Å². The Hall–Kier alpha value is -2.38. The Balaban J connectivity index is 1.56. The van der Waals surface area contributed by atoms with Gasteiger partial charge in [0.05, 0.1) is 4.90 Å². The molecule has 0 atom stereocenters. The van der Waals surface area contributed by atoms with Gasteiger partial charge < -0.3 is 9.64 Å². The van der Waals surface area contributed by atoms with E-state index in [-0.39, 0.29) is 29.4 Å². The molecule has 0 aromatic heterocycles. The van der Waals surface area contributed by atoms with Crippen molar-refractivity contribution in [1.82, 2.24) is 4.72 Å². The molecule has 2 aromatic rings. The second-order valence-corrected chi connectivity index (χ2v) is 10.2. The molecule has 7 heteroatoms. The first-order valence-corrected chi connectivity index (χ1v) is 11.8. The zero-order valence-corrected chi connectivity index (χ0v) is 18.9. The monoisotopic (exact) mass is 430 g/mol. The number of carbonyl (C=O) groups is 1. The number of hydrogen-bond acceptors (Lipinski definition) is 4. The summed E-state index contributed by atoms with van der Waals surface area (Å²) in [6.45, 7) is 9.27. The van der Waals surface area contributed by atoms with Crippen LogP contribution in [-0.4, -0.2) is 34.0 Å². The van der Waals surface area contributed by atoms with Crippen LogP contribution in [-0.2, 0) is 26.7 Å². The lowest BCUT2D eigenvalue weighted by atomic mass is 9.87. The standard InChI is InChI=1S/C23H30N2O4S/c1-5-22(26)25-14-12-17-16-20(10-11-21(17)25)30(27,28)24-13-15-29-19-8-6-18(7-9-19)23(2,3)4/h6-11,16,24H,5,12-15H2,1-4H3. The van der Waals surface area contributed by atoms with Crippen LogP contribution in [0.15, 0.2) is 47.4 Å². The Morgan fingerprint density at radius 1 is 1.13 bits per heavy atom. The Bertz CT molecular complexity index is 1010. The molecule has 0 bridgehead atoms. The first-order valence-electron chi connectivity index (χ1n) is 10.3. The van der Waals surface area contributed by atoms with E-state index in [1.807, 2.05) is 31.2 Å². The van der Waals surface area contributed by atoms with Crippen molar-refractivity contribution in [2.24, 2.45) is 0 Å². The summed E-state index contributed by atoms with van der Waals surface area (Å²) in [5, 5.41) is 0. The fourth-order valence-corrected chi connectivity index (χ4v) is 4.54. The molecule has 0 saturated carbocycles. The molecule has 0 spiro atoms. The SMILES string of the molecule is CCC(=O)N1CCc2cc(S(=O)(=O)NCCOc3ccc(C(C)(C)C)cc3)ccc21. The van der Waals surface area contributed by atoms with E-state index in [4.69, 9.17) is 4.74 Å². The third kappa shape index (κ3) is 5.02. The molecule has 0 unspecified atom stereocenters. The Morgan fingerprint density at radius 3 is 2.47 bits per heavy atom. The molecule has 1 aliphatic heterocycles. The van der Waals surface area contributed by atoms with Gasteiger partial charge in [-0.05, 0) is 53.3 Å². The average Bonchev–Trinajstić information content (AvgIpc) is 3.13. The number of benzene rings is 2. The third-order valence-corrected chi connectivity index (χ3v) is 6.70. The molecule has 162 valence electrons. The van der Waals surface area contributed by atoms with E-state index in [1.165, 1.54) is 5.56 Å². The number of fused-ring (bicyclic) bond motifs is 1. The normalized spacial score (nSPS) is 13.9. The smallest absolute Gasteiger partial charge is 0.240 e. The fourth-order valence-electron chi connectivity index (χ4n) is 3.47. The number of ether oxygens (including phenoxy) is 1. The summed E-state index contributed by atoms with van der Waals surface area (Å²) in [5.41, 5.74) is 2.98. The van der Waals surface area contributed by atoms with Gasteiger partial charge in [0, 0.05) is 25.2 Å². The van der Waals surface area contributed by atoms with Crippen molar-refractivity contribution in [1.29, 1.82) is 0 Å². The fraction of sp³-hybridized carbons (Fsp3) is 0.435. The largest absolute Gasteiger partial charge is 0.492 e. The van der Waals surface area contributed by atoms with Crippen molar-refractivity contribution in [2.75, 3.05) is 24.6 Å². The molecule has 0 radical (unpaired) electrons. The minimum atomic E-state index is -3.64. The number of anilines is 1. The minimum absolute atomic E-state index is 0.0511.